The third kappa shape index (κ3) is 4.48. The van der Waals surface area contributed by atoms with Gasteiger partial charge in [0.1, 0.15) is 0 Å². The van der Waals surface area contributed by atoms with Crippen LogP contribution in [0.5, 0.6) is 0 Å². The monoisotopic (exact) mass is 266 g/mol. The van der Waals surface area contributed by atoms with Gasteiger partial charge in [0, 0.05) is 12.5 Å². The molecular formula is C16H30N2O. The van der Waals surface area contributed by atoms with Gasteiger partial charge in [-0.2, -0.15) is 0 Å². The maximum atomic E-state index is 12.1. The van der Waals surface area contributed by atoms with E-state index in [9.17, 15) is 4.79 Å². The van der Waals surface area contributed by atoms with E-state index in [1.165, 1.54) is 51.4 Å². The molecule has 3 heteroatoms. The van der Waals surface area contributed by atoms with Crippen LogP contribution in [0.15, 0.2) is 0 Å². The van der Waals surface area contributed by atoms with Crippen molar-refractivity contribution in [3.63, 3.8) is 0 Å². The van der Waals surface area contributed by atoms with Crippen LogP contribution in [0.25, 0.3) is 0 Å². The predicted molar refractivity (Wildman–Crippen MR) is 78.7 cm³/mol. The fourth-order valence-corrected chi connectivity index (χ4v) is 3.73. The summed E-state index contributed by atoms with van der Waals surface area (Å²) in [5, 5.41) is 3.28. The Labute approximate surface area is 117 Å². The average molecular weight is 266 g/mol. The Bertz CT molecular complexity index is 284. The lowest BCUT2D eigenvalue weighted by Gasteiger charge is -2.31. The molecule has 2 aliphatic rings. The zero-order chi connectivity index (χ0) is 13.7. The molecule has 2 atom stereocenters. The molecule has 2 rings (SSSR count). The number of nitrogens with two attached hydrogens (primary N) is 1. The molecule has 2 aliphatic carbocycles. The molecule has 110 valence electrons. The van der Waals surface area contributed by atoms with Crippen molar-refractivity contribution in [2.75, 3.05) is 6.54 Å². The summed E-state index contributed by atoms with van der Waals surface area (Å²) < 4.78 is 0. The Balaban J connectivity index is 1.69. The highest BCUT2D eigenvalue weighted by Crippen LogP contribution is 2.30. The zero-order valence-electron chi connectivity index (χ0n) is 12.4. The molecule has 1 amide bonds. The largest absolute Gasteiger partial charge is 0.353 e. The number of hydrogen-bond donors (Lipinski definition) is 2. The number of nitrogens with one attached hydrogen (secondary N) is 1. The summed E-state index contributed by atoms with van der Waals surface area (Å²) in [7, 11) is 0. The number of rotatable bonds is 4. The van der Waals surface area contributed by atoms with E-state index in [1.807, 2.05) is 0 Å². The Morgan fingerprint density at radius 3 is 2.32 bits per heavy atom. The fourth-order valence-electron chi connectivity index (χ4n) is 3.73. The first-order valence-electron chi connectivity index (χ1n) is 8.18. The highest BCUT2D eigenvalue weighted by molar-refractivity contribution is 5.76. The van der Waals surface area contributed by atoms with Gasteiger partial charge in [0.05, 0.1) is 0 Å². The second kappa shape index (κ2) is 7.28. The SMILES string of the molecule is CC1CCCCC1NC(=O)CC1CCC(CN)CC1. The molecule has 0 bridgehead atoms. The summed E-state index contributed by atoms with van der Waals surface area (Å²) in [6.07, 6.45) is 10.6. The molecule has 2 fully saturated rings. The summed E-state index contributed by atoms with van der Waals surface area (Å²) >= 11 is 0. The molecule has 0 spiro atoms. The van der Waals surface area contributed by atoms with Crippen LogP contribution in [0, 0.1) is 17.8 Å². The van der Waals surface area contributed by atoms with E-state index < -0.39 is 0 Å². The van der Waals surface area contributed by atoms with Crippen LogP contribution in [0.4, 0.5) is 0 Å². The van der Waals surface area contributed by atoms with Gasteiger partial charge in [-0.05, 0) is 62.8 Å². The van der Waals surface area contributed by atoms with E-state index in [2.05, 4.69) is 12.2 Å². The molecule has 19 heavy (non-hydrogen) atoms. The second-order valence-corrected chi connectivity index (χ2v) is 6.76. The van der Waals surface area contributed by atoms with Crippen molar-refractivity contribution in [1.82, 2.24) is 5.32 Å². The van der Waals surface area contributed by atoms with E-state index >= 15 is 0 Å². The lowest BCUT2D eigenvalue weighted by atomic mass is 9.80. The van der Waals surface area contributed by atoms with Gasteiger partial charge in [0.15, 0.2) is 0 Å². The molecule has 2 unspecified atom stereocenters. The first kappa shape index (κ1) is 14.8. The van der Waals surface area contributed by atoms with Crippen molar-refractivity contribution in [2.45, 2.75) is 70.8 Å². The molecule has 2 saturated carbocycles. The maximum absolute atomic E-state index is 12.1. The molecule has 3 N–H and O–H groups in total. The average Bonchev–Trinajstić information content (AvgIpc) is 2.42. The highest BCUT2D eigenvalue weighted by Gasteiger charge is 2.26. The van der Waals surface area contributed by atoms with E-state index in [4.69, 9.17) is 5.73 Å². The van der Waals surface area contributed by atoms with Gasteiger partial charge in [-0.1, -0.05) is 19.8 Å². The smallest absolute Gasteiger partial charge is 0.220 e. The van der Waals surface area contributed by atoms with E-state index in [0.29, 0.717) is 23.8 Å². The summed E-state index contributed by atoms with van der Waals surface area (Å²) in [5.41, 5.74) is 5.71. The van der Waals surface area contributed by atoms with Crippen molar-refractivity contribution in [2.24, 2.45) is 23.5 Å². The summed E-state index contributed by atoms with van der Waals surface area (Å²) in [6.45, 7) is 3.09. The number of hydrogen-bond acceptors (Lipinski definition) is 2. The molecule has 0 aromatic carbocycles. The molecule has 0 aliphatic heterocycles. The van der Waals surface area contributed by atoms with Crippen molar-refractivity contribution in [1.29, 1.82) is 0 Å². The quantitative estimate of drug-likeness (QED) is 0.822. The molecule has 0 radical (unpaired) electrons. The third-order valence-corrected chi connectivity index (χ3v) is 5.23. The zero-order valence-corrected chi connectivity index (χ0v) is 12.4. The molecule has 0 heterocycles. The summed E-state index contributed by atoms with van der Waals surface area (Å²) in [6, 6.07) is 0.432. The molecule has 0 saturated heterocycles. The fraction of sp³-hybridized carbons (Fsp3) is 0.938. The number of amides is 1. The van der Waals surface area contributed by atoms with E-state index in [0.717, 1.165) is 13.0 Å². The highest BCUT2D eigenvalue weighted by atomic mass is 16.1. The van der Waals surface area contributed by atoms with Crippen LogP contribution in [0.3, 0.4) is 0 Å². The second-order valence-electron chi connectivity index (χ2n) is 6.76. The van der Waals surface area contributed by atoms with Gasteiger partial charge in [0.25, 0.3) is 0 Å². The number of carbonyl (C=O) groups excluding carboxylic acids is 1. The summed E-state index contributed by atoms with van der Waals surface area (Å²) in [5.74, 6) is 2.25. The Hall–Kier alpha value is -0.570. The van der Waals surface area contributed by atoms with Gasteiger partial charge in [-0.15, -0.1) is 0 Å². The molecule has 3 nitrogen and oxygen atoms in total. The minimum absolute atomic E-state index is 0.287. The van der Waals surface area contributed by atoms with Gasteiger partial charge in [0.2, 0.25) is 5.91 Å². The minimum atomic E-state index is 0.287. The molecule has 0 aromatic rings. The van der Waals surface area contributed by atoms with Gasteiger partial charge >= 0.3 is 0 Å². The molecule has 0 aromatic heterocycles. The number of carbonyl (C=O) groups is 1. The maximum Gasteiger partial charge on any atom is 0.220 e. The van der Waals surface area contributed by atoms with Crippen LogP contribution in [0.1, 0.15) is 64.7 Å². The Kier molecular flexibility index (Phi) is 5.68. The van der Waals surface area contributed by atoms with Crippen molar-refractivity contribution in [3.8, 4) is 0 Å². The summed E-state index contributed by atoms with van der Waals surface area (Å²) in [4.78, 5) is 12.1. The van der Waals surface area contributed by atoms with E-state index in [-0.39, 0.29) is 5.91 Å². The first-order chi connectivity index (χ1) is 9.19. The standard InChI is InChI=1S/C16H30N2O/c1-12-4-2-3-5-15(12)18-16(19)10-13-6-8-14(11-17)9-7-13/h12-15H,2-11,17H2,1H3,(H,18,19). The van der Waals surface area contributed by atoms with Crippen LogP contribution in [-0.4, -0.2) is 18.5 Å². The van der Waals surface area contributed by atoms with Gasteiger partial charge < -0.3 is 11.1 Å². The lowest BCUT2D eigenvalue weighted by Crippen LogP contribution is -2.41. The van der Waals surface area contributed by atoms with Gasteiger partial charge in [-0.25, -0.2) is 0 Å². The lowest BCUT2D eigenvalue weighted by molar-refractivity contribution is -0.123. The van der Waals surface area contributed by atoms with Crippen molar-refractivity contribution >= 4 is 5.91 Å². The van der Waals surface area contributed by atoms with Crippen LogP contribution < -0.4 is 11.1 Å². The minimum Gasteiger partial charge on any atom is -0.353 e. The topological polar surface area (TPSA) is 55.1 Å². The van der Waals surface area contributed by atoms with Crippen LogP contribution >= 0.6 is 0 Å². The van der Waals surface area contributed by atoms with Crippen LogP contribution in [0.2, 0.25) is 0 Å². The van der Waals surface area contributed by atoms with Crippen LogP contribution in [-0.2, 0) is 4.79 Å². The first-order valence-corrected chi connectivity index (χ1v) is 8.18. The van der Waals surface area contributed by atoms with Crippen molar-refractivity contribution in [3.05, 3.63) is 0 Å². The van der Waals surface area contributed by atoms with Crippen molar-refractivity contribution < 1.29 is 4.79 Å². The molecular weight excluding hydrogens is 236 g/mol. The predicted octanol–water partition coefficient (Wildman–Crippen LogP) is 2.84. The Morgan fingerprint density at radius 2 is 1.68 bits per heavy atom. The van der Waals surface area contributed by atoms with Gasteiger partial charge in [-0.3, -0.25) is 4.79 Å². The normalized spacial score (nSPS) is 35.9. The van der Waals surface area contributed by atoms with E-state index in [1.54, 1.807) is 0 Å². The Morgan fingerprint density at radius 1 is 1.05 bits per heavy atom. The third-order valence-electron chi connectivity index (χ3n) is 5.23.